The molecule has 17 heavy (non-hydrogen) atoms. The zero-order valence-corrected chi connectivity index (χ0v) is 9.63. The Bertz CT molecular complexity index is 531. The number of rotatable bonds is 2. The first-order valence-electron chi connectivity index (χ1n) is 5.95. The Labute approximate surface area is 99.7 Å². The molecule has 2 N–H and O–H groups in total. The van der Waals surface area contributed by atoms with Gasteiger partial charge in [0.05, 0.1) is 6.54 Å². The van der Waals surface area contributed by atoms with Gasteiger partial charge in [-0.2, -0.15) is 0 Å². The maximum atomic E-state index is 5.68. The highest BCUT2D eigenvalue weighted by Gasteiger charge is 2.17. The van der Waals surface area contributed by atoms with Crippen LogP contribution in [0.3, 0.4) is 0 Å². The summed E-state index contributed by atoms with van der Waals surface area (Å²) in [6.07, 6.45) is 9.85. The van der Waals surface area contributed by atoms with Crippen molar-refractivity contribution in [2.75, 3.05) is 0 Å². The quantitative estimate of drug-likeness (QED) is 0.834. The average Bonchev–Trinajstić information content (AvgIpc) is 2.86. The molecule has 2 heterocycles. The molecule has 1 aliphatic carbocycles. The van der Waals surface area contributed by atoms with Gasteiger partial charge in [0, 0.05) is 23.7 Å². The summed E-state index contributed by atoms with van der Waals surface area (Å²) in [5.74, 6) is 1.80. The van der Waals surface area contributed by atoms with E-state index in [0.717, 1.165) is 24.5 Å². The minimum absolute atomic E-state index is 0.422. The molecular weight excluding hydrogens is 214 g/mol. The average molecular weight is 229 g/mol. The Hall–Kier alpha value is -1.75. The van der Waals surface area contributed by atoms with Crippen LogP contribution >= 0.6 is 0 Å². The molecule has 0 unspecified atom stereocenters. The van der Waals surface area contributed by atoms with Crippen molar-refractivity contribution in [1.29, 1.82) is 0 Å². The Morgan fingerprint density at radius 3 is 2.94 bits per heavy atom. The van der Waals surface area contributed by atoms with Gasteiger partial charge in [0.1, 0.15) is 18.0 Å². The van der Waals surface area contributed by atoms with Crippen LogP contribution in [0.4, 0.5) is 0 Å². The van der Waals surface area contributed by atoms with Crippen LogP contribution in [0, 0.1) is 0 Å². The number of nitrogens with two attached hydrogens (primary N) is 1. The second-order valence-electron chi connectivity index (χ2n) is 4.25. The number of fused-ring (bicyclic) bond motifs is 1. The summed E-state index contributed by atoms with van der Waals surface area (Å²) >= 11 is 0. The molecule has 0 bridgehead atoms. The van der Waals surface area contributed by atoms with Crippen LogP contribution < -0.4 is 5.73 Å². The Kier molecular flexibility index (Phi) is 2.60. The minimum Gasteiger partial charge on any atom is -0.324 e. The fourth-order valence-electron chi connectivity index (χ4n) is 2.39. The van der Waals surface area contributed by atoms with E-state index in [1.165, 1.54) is 24.1 Å². The molecule has 3 rings (SSSR count). The zero-order valence-electron chi connectivity index (χ0n) is 9.63. The van der Waals surface area contributed by atoms with Crippen molar-refractivity contribution in [2.45, 2.75) is 32.2 Å². The monoisotopic (exact) mass is 229 g/mol. The highest BCUT2D eigenvalue weighted by Crippen LogP contribution is 2.24. The second-order valence-corrected chi connectivity index (χ2v) is 4.25. The number of hydrogen-bond donors (Lipinski definition) is 1. The van der Waals surface area contributed by atoms with Crippen molar-refractivity contribution >= 4 is 0 Å². The topological polar surface area (TPSA) is 69.6 Å². The molecule has 88 valence electrons. The maximum Gasteiger partial charge on any atom is 0.144 e. The van der Waals surface area contributed by atoms with Gasteiger partial charge < -0.3 is 5.73 Å². The standard InChI is InChI=1S/C12H15N5/c13-7-11-14-5-6-17(11)12-9-3-1-2-4-10(9)15-8-16-12/h5-6,8H,1-4,7,13H2. The maximum absolute atomic E-state index is 5.68. The van der Waals surface area contributed by atoms with Crippen LogP contribution in [-0.4, -0.2) is 19.5 Å². The lowest BCUT2D eigenvalue weighted by atomic mass is 9.96. The summed E-state index contributed by atoms with van der Waals surface area (Å²) in [6, 6.07) is 0. The summed E-state index contributed by atoms with van der Waals surface area (Å²) in [6.45, 7) is 0.422. The largest absolute Gasteiger partial charge is 0.324 e. The van der Waals surface area contributed by atoms with E-state index in [0.29, 0.717) is 6.54 Å². The number of imidazole rings is 1. The Balaban J connectivity index is 2.14. The molecule has 2 aromatic heterocycles. The number of nitrogens with zero attached hydrogens (tertiary/aromatic N) is 4. The van der Waals surface area contributed by atoms with Gasteiger partial charge in [-0.25, -0.2) is 15.0 Å². The van der Waals surface area contributed by atoms with Crippen LogP contribution in [0.25, 0.3) is 5.82 Å². The molecule has 0 radical (unpaired) electrons. The van der Waals surface area contributed by atoms with Crippen molar-refractivity contribution < 1.29 is 0 Å². The second kappa shape index (κ2) is 4.25. The molecule has 0 saturated carbocycles. The zero-order chi connectivity index (χ0) is 11.7. The van der Waals surface area contributed by atoms with Gasteiger partial charge in [0.15, 0.2) is 0 Å². The van der Waals surface area contributed by atoms with Crippen LogP contribution in [0.15, 0.2) is 18.7 Å². The van der Waals surface area contributed by atoms with Crippen molar-refractivity contribution in [2.24, 2.45) is 5.73 Å². The Morgan fingerprint density at radius 2 is 2.06 bits per heavy atom. The summed E-state index contributed by atoms with van der Waals surface area (Å²) in [5, 5.41) is 0. The molecule has 0 aliphatic heterocycles. The molecule has 0 saturated heterocycles. The van der Waals surface area contributed by atoms with Crippen LogP contribution in [-0.2, 0) is 19.4 Å². The fraction of sp³-hybridized carbons (Fsp3) is 0.417. The number of hydrogen-bond acceptors (Lipinski definition) is 4. The fourth-order valence-corrected chi connectivity index (χ4v) is 2.39. The lowest BCUT2D eigenvalue weighted by Crippen LogP contribution is -2.14. The van der Waals surface area contributed by atoms with Gasteiger partial charge in [-0.15, -0.1) is 0 Å². The third-order valence-electron chi connectivity index (χ3n) is 3.23. The molecule has 0 aromatic carbocycles. The van der Waals surface area contributed by atoms with Gasteiger partial charge >= 0.3 is 0 Å². The Morgan fingerprint density at radius 1 is 1.18 bits per heavy atom. The molecule has 0 spiro atoms. The first-order valence-corrected chi connectivity index (χ1v) is 5.95. The van der Waals surface area contributed by atoms with E-state index in [4.69, 9.17) is 5.73 Å². The SMILES string of the molecule is NCc1nccn1-c1ncnc2c1CCCC2. The lowest BCUT2D eigenvalue weighted by Gasteiger charge is -2.18. The van der Waals surface area contributed by atoms with Crippen molar-refractivity contribution in [3.05, 3.63) is 35.8 Å². The predicted molar refractivity (Wildman–Crippen MR) is 63.7 cm³/mol. The first kappa shape index (κ1) is 10.4. The molecule has 0 atom stereocenters. The van der Waals surface area contributed by atoms with E-state index in [2.05, 4.69) is 15.0 Å². The molecule has 0 amide bonds. The highest BCUT2D eigenvalue weighted by atomic mass is 15.1. The molecule has 5 heteroatoms. The van der Waals surface area contributed by atoms with Crippen molar-refractivity contribution in [3.8, 4) is 5.82 Å². The van der Waals surface area contributed by atoms with Crippen molar-refractivity contribution in [3.63, 3.8) is 0 Å². The van der Waals surface area contributed by atoms with Crippen LogP contribution in [0.1, 0.15) is 29.9 Å². The van der Waals surface area contributed by atoms with E-state index < -0.39 is 0 Å². The molecule has 1 aliphatic rings. The summed E-state index contributed by atoms with van der Waals surface area (Å²) in [4.78, 5) is 13.0. The van der Waals surface area contributed by atoms with E-state index in [9.17, 15) is 0 Å². The first-order chi connectivity index (χ1) is 8.40. The highest BCUT2D eigenvalue weighted by molar-refractivity contribution is 5.39. The van der Waals surface area contributed by atoms with Crippen LogP contribution in [0.5, 0.6) is 0 Å². The van der Waals surface area contributed by atoms with Gasteiger partial charge in [-0.1, -0.05) is 0 Å². The molecule has 5 nitrogen and oxygen atoms in total. The number of aryl methyl sites for hydroxylation is 1. The third-order valence-corrected chi connectivity index (χ3v) is 3.23. The van der Waals surface area contributed by atoms with Gasteiger partial charge in [-0.05, 0) is 25.7 Å². The predicted octanol–water partition coefficient (Wildman–Crippen LogP) is 1.000. The molecule has 2 aromatic rings. The molecular formula is C12H15N5. The van der Waals surface area contributed by atoms with Gasteiger partial charge in [-0.3, -0.25) is 4.57 Å². The van der Waals surface area contributed by atoms with Crippen LogP contribution in [0.2, 0.25) is 0 Å². The summed E-state index contributed by atoms with van der Waals surface area (Å²) in [7, 11) is 0. The van der Waals surface area contributed by atoms with Gasteiger partial charge in [0.2, 0.25) is 0 Å². The lowest BCUT2D eigenvalue weighted by molar-refractivity contribution is 0.653. The van der Waals surface area contributed by atoms with Gasteiger partial charge in [0.25, 0.3) is 0 Å². The smallest absolute Gasteiger partial charge is 0.144 e. The summed E-state index contributed by atoms with van der Waals surface area (Å²) in [5.41, 5.74) is 8.12. The number of aromatic nitrogens is 4. The van der Waals surface area contributed by atoms with Crippen molar-refractivity contribution in [1.82, 2.24) is 19.5 Å². The van der Waals surface area contributed by atoms with E-state index in [1.807, 2.05) is 10.8 Å². The van der Waals surface area contributed by atoms with E-state index >= 15 is 0 Å². The van der Waals surface area contributed by atoms with E-state index in [1.54, 1.807) is 12.5 Å². The minimum atomic E-state index is 0.422. The summed E-state index contributed by atoms with van der Waals surface area (Å²) < 4.78 is 1.98. The molecule has 0 fully saturated rings. The van der Waals surface area contributed by atoms with E-state index in [-0.39, 0.29) is 0 Å². The third kappa shape index (κ3) is 1.72. The normalized spacial score (nSPS) is 14.6.